The van der Waals surface area contributed by atoms with E-state index in [0.29, 0.717) is 0 Å². The van der Waals surface area contributed by atoms with Crippen LogP contribution in [0.1, 0.15) is 34.1 Å². The van der Waals surface area contributed by atoms with Crippen molar-refractivity contribution in [3.63, 3.8) is 0 Å². The number of hydrogen-bond acceptors (Lipinski definition) is 2. The van der Waals surface area contributed by atoms with Crippen LogP contribution in [0.5, 0.6) is 0 Å². The number of hydrogen-bond donors (Lipinski definition) is 0. The number of dihydropyridines is 1. The Kier molecular flexibility index (Phi) is 7.71. The Morgan fingerprint density at radius 1 is 1.43 bits per heavy atom. The minimum atomic E-state index is 0.881. The quantitative estimate of drug-likeness (QED) is 0.640. The zero-order chi connectivity index (χ0) is 10.8. The SMILES string of the molecule is C/C=C1/N=CC=CC1=NCCC.CC. The highest BCUT2D eigenvalue weighted by Crippen LogP contribution is 2.05. The van der Waals surface area contributed by atoms with Gasteiger partial charge in [-0.05, 0) is 25.5 Å². The molecule has 0 radical (unpaired) electrons. The number of aliphatic imine (C=N–C) groups is 2. The molecular formula is C12H20N2. The van der Waals surface area contributed by atoms with Crippen LogP contribution in [0.15, 0.2) is 33.9 Å². The van der Waals surface area contributed by atoms with Crippen molar-refractivity contribution >= 4 is 11.9 Å². The minimum Gasteiger partial charge on any atom is -0.283 e. The monoisotopic (exact) mass is 192 g/mol. The van der Waals surface area contributed by atoms with Gasteiger partial charge in [0.05, 0.1) is 11.4 Å². The first kappa shape index (κ1) is 12.8. The molecule has 0 aromatic rings. The molecule has 0 saturated heterocycles. The Balaban J connectivity index is 0.000000791. The zero-order valence-corrected chi connectivity index (χ0v) is 9.62. The van der Waals surface area contributed by atoms with Crippen LogP contribution in [-0.4, -0.2) is 18.5 Å². The zero-order valence-electron chi connectivity index (χ0n) is 9.62. The topological polar surface area (TPSA) is 24.7 Å². The molecule has 0 bridgehead atoms. The Morgan fingerprint density at radius 3 is 2.71 bits per heavy atom. The van der Waals surface area contributed by atoms with E-state index in [1.54, 1.807) is 6.21 Å². The minimum absolute atomic E-state index is 0.881. The van der Waals surface area contributed by atoms with Gasteiger partial charge in [0.15, 0.2) is 0 Å². The third-order valence-corrected chi connectivity index (χ3v) is 1.60. The fourth-order valence-corrected chi connectivity index (χ4v) is 0.997. The average molecular weight is 192 g/mol. The highest BCUT2D eigenvalue weighted by Gasteiger charge is 2.01. The second-order valence-electron chi connectivity index (χ2n) is 2.58. The molecule has 2 nitrogen and oxygen atoms in total. The summed E-state index contributed by atoms with van der Waals surface area (Å²) < 4.78 is 0. The second kappa shape index (κ2) is 8.42. The van der Waals surface area contributed by atoms with Crippen molar-refractivity contribution in [1.29, 1.82) is 0 Å². The van der Waals surface area contributed by atoms with E-state index in [9.17, 15) is 0 Å². The molecule has 0 fully saturated rings. The summed E-state index contributed by atoms with van der Waals surface area (Å²) in [5.41, 5.74) is 1.98. The first-order chi connectivity index (χ1) is 6.88. The molecule has 1 rings (SSSR count). The van der Waals surface area contributed by atoms with Gasteiger partial charge in [-0.15, -0.1) is 0 Å². The highest BCUT2D eigenvalue weighted by atomic mass is 14.8. The standard InChI is InChI=1S/C10H14N2.C2H6/c1-3-7-11-10-6-5-8-12-9(10)4-2;1-2/h4-6,8H,3,7H2,1-2H3;1-2H3/b9-4+,11-10?;. The summed E-state index contributed by atoms with van der Waals surface area (Å²) in [4.78, 5) is 8.60. The number of allylic oxidation sites excluding steroid dienone is 3. The molecule has 1 aliphatic rings. The van der Waals surface area contributed by atoms with Crippen LogP contribution in [0, 0.1) is 0 Å². The van der Waals surface area contributed by atoms with Gasteiger partial charge in [0.1, 0.15) is 0 Å². The Labute approximate surface area is 87.2 Å². The van der Waals surface area contributed by atoms with Crippen LogP contribution in [-0.2, 0) is 0 Å². The molecule has 1 aliphatic heterocycles. The van der Waals surface area contributed by atoms with Crippen molar-refractivity contribution in [2.75, 3.05) is 6.54 Å². The fourth-order valence-electron chi connectivity index (χ4n) is 0.997. The van der Waals surface area contributed by atoms with Gasteiger partial charge in [0, 0.05) is 12.8 Å². The number of nitrogens with zero attached hydrogens (tertiary/aromatic N) is 2. The summed E-state index contributed by atoms with van der Waals surface area (Å²) in [6.07, 6.45) is 8.77. The maximum Gasteiger partial charge on any atom is 0.0839 e. The third kappa shape index (κ3) is 4.17. The fraction of sp³-hybridized carbons (Fsp3) is 0.500. The van der Waals surface area contributed by atoms with E-state index in [2.05, 4.69) is 16.9 Å². The van der Waals surface area contributed by atoms with E-state index in [1.807, 2.05) is 39.0 Å². The molecule has 1 heterocycles. The van der Waals surface area contributed by atoms with Gasteiger partial charge in [-0.3, -0.25) is 9.98 Å². The van der Waals surface area contributed by atoms with Gasteiger partial charge < -0.3 is 0 Å². The van der Waals surface area contributed by atoms with Crippen LogP contribution in [0.3, 0.4) is 0 Å². The van der Waals surface area contributed by atoms with Crippen molar-refractivity contribution < 1.29 is 0 Å². The lowest BCUT2D eigenvalue weighted by atomic mass is 10.2. The van der Waals surface area contributed by atoms with Gasteiger partial charge in [-0.25, -0.2) is 0 Å². The van der Waals surface area contributed by atoms with E-state index >= 15 is 0 Å². The first-order valence-corrected chi connectivity index (χ1v) is 5.30. The van der Waals surface area contributed by atoms with Crippen LogP contribution in [0.2, 0.25) is 0 Å². The van der Waals surface area contributed by atoms with Gasteiger partial charge in [0.2, 0.25) is 0 Å². The molecule has 0 aromatic carbocycles. The van der Waals surface area contributed by atoms with Crippen molar-refractivity contribution in [3.05, 3.63) is 23.9 Å². The van der Waals surface area contributed by atoms with Crippen LogP contribution in [0.4, 0.5) is 0 Å². The maximum atomic E-state index is 4.40. The van der Waals surface area contributed by atoms with Gasteiger partial charge in [-0.2, -0.15) is 0 Å². The van der Waals surface area contributed by atoms with E-state index in [4.69, 9.17) is 0 Å². The van der Waals surface area contributed by atoms with Crippen LogP contribution < -0.4 is 0 Å². The lowest BCUT2D eigenvalue weighted by molar-refractivity contribution is 0.932. The molecule has 14 heavy (non-hydrogen) atoms. The summed E-state index contributed by atoms with van der Waals surface area (Å²) in [6, 6.07) is 0. The lowest BCUT2D eigenvalue weighted by Crippen LogP contribution is -2.02. The van der Waals surface area contributed by atoms with Crippen LogP contribution in [0.25, 0.3) is 0 Å². The van der Waals surface area contributed by atoms with Crippen molar-refractivity contribution in [3.8, 4) is 0 Å². The molecule has 0 saturated carbocycles. The number of rotatable bonds is 2. The second-order valence-corrected chi connectivity index (χ2v) is 2.58. The molecule has 0 aliphatic carbocycles. The van der Waals surface area contributed by atoms with Gasteiger partial charge in [-0.1, -0.05) is 26.8 Å². The summed E-state index contributed by atoms with van der Waals surface area (Å²) in [5.74, 6) is 0. The Hall–Kier alpha value is -1.18. The largest absolute Gasteiger partial charge is 0.283 e. The molecular weight excluding hydrogens is 172 g/mol. The lowest BCUT2D eigenvalue weighted by Gasteiger charge is -2.04. The molecule has 0 aromatic heterocycles. The van der Waals surface area contributed by atoms with E-state index < -0.39 is 0 Å². The molecule has 2 heteroatoms. The third-order valence-electron chi connectivity index (χ3n) is 1.60. The van der Waals surface area contributed by atoms with Crippen molar-refractivity contribution in [2.45, 2.75) is 34.1 Å². The average Bonchev–Trinajstić information content (AvgIpc) is 2.29. The predicted molar refractivity (Wildman–Crippen MR) is 65.3 cm³/mol. The normalized spacial score (nSPS) is 19.7. The van der Waals surface area contributed by atoms with E-state index in [0.717, 1.165) is 24.4 Å². The molecule has 0 N–H and O–H groups in total. The summed E-state index contributed by atoms with van der Waals surface area (Å²) in [7, 11) is 0. The van der Waals surface area contributed by atoms with Gasteiger partial charge >= 0.3 is 0 Å². The Bertz CT molecular complexity index is 257. The summed E-state index contributed by atoms with van der Waals surface area (Å²) in [6.45, 7) is 8.98. The molecule has 0 unspecified atom stereocenters. The maximum absolute atomic E-state index is 4.40. The molecule has 78 valence electrons. The molecule has 0 atom stereocenters. The predicted octanol–water partition coefficient (Wildman–Crippen LogP) is 3.41. The first-order valence-electron chi connectivity index (χ1n) is 5.30. The van der Waals surface area contributed by atoms with E-state index in [-0.39, 0.29) is 0 Å². The molecule has 0 spiro atoms. The van der Waals surface area contributed by atoms with Crippen molar-refractivity contribution in [2.24, 2.45) is 9.98 Å². The van der Waals surface area contributed by atoms with Crippen LogP contribution >= 0.6 is 0 Å². The van der Waals surface area contributed by atoms with Gasteiger partial charge in [0.25, 0.3) is 0 Å². The Morgan fingerprint density at radius 2 is 2.14 bits per heavy atom. The van der Waals surface area contributed by atoms with Crippen molar-refractivity contribution in [1.82, 2.24) is 0 Å². The molecule has 0 amide bonds. The van der Waals surface area contributed by atoms with E-state index in [1.165, 1.54) is 0 Å². The smallest absolute Gasteiger partial charge is 0.0839 e. The highest BCUT2D eigenvalue weighted by molar-refractivity contribution is 6.12. The summed E-state index contributed by atoms with van der Waals surface area (Å²) in [5, 5.41) is 0. The summed E-state index contributed by atoms with van der Waals surface area (Å²) >= 11 is 0.